The van der Waals surface area contributed by atoms with E-state index in [1.165, 1.54) is 11.8 Å². The zero-order valence-electron chi connectivity index (χ0n) is 25.3. The molecule has 1 amide bonds. The highest BCUT2D eigenvalue weighted by Gasteiger charge is 2.33. The summed E-state index contributed by atoms with van der Waals surface area (Å²) >= 11 is 6.90. The molecule has 3 rings (SSSR count). The lowest BCUT2D eigenvalue weighted by Crippen LogP contribution is -2.48. The number of carboxylic acid groups (broad SMARTS) is 1. The van der Waals surface area contributed by atoms with Gasteiger partial charge in [0.1, 0.15) is 21.8 Å². The molecule has 0 bridgehead atoms. The van der Waals surface area contributed by atoms with Crippen molar-refractivity contribution < 1.29 is 14.7 Å². The van der Waals surface area contributed by atoms with Crippen molar-refractivity contribution in [1.82, 2.24) is 14.4 Å². The van der Waals surface area contributed by atoms with Gasteiger partial charge in [0.15, 0.2) is 0 Å². The highest BCUT2D eigenvalue weighted by Crippen LogP contribution is 2.36. The van der Waals surface area contributed by atoms with Crippen LogP contribution in [0.4, 0.5) is 5.82 Å². The van der Waals surface area contributed by atoms with Crippen LogP contribution in [0, 0.1) is 18.3 Å². The number of rotatable bonds is 16. The Kier molecular flexibility index (Phi) is 13.5. The van der Waals surface area contributed by atoms with E-state index in [1.54, 1.807) is 16.4 Å². The van der Waals surface area contributed by atoms with E-state index in [9.17, 15) is 19.6 Å². The molecule has 2 fully saturated rings. The van der Waals surface area contributed by atoms with Crippen LogP contribution in [0.2, 0.25) is 0 Å². The summed E-state index contributed by atoms with van der Waals surface area (Å²) in [4.78, 5) is 44.3. The van der Waals surface area contributed by atoms with Gasteiger partial charge in [0.2, 0.25) is 0 Å². The number of thioether (sulfide) groups is 1. The standard InChI is InChI=1S/C31H45N5O4S2/c1-4-15-35-28(34-19-17-33(5-2)18-20-34)24(23(3)25(22-32)29(35)39)21-26-30(40)36(31(41)42-26)16-13-11-9-7-6-8-10-12-14-27(37)38/h21H,4-20H2,1-3H3,(H,37,38)/b26-21-. The van der Waals surface area contributed by atoms with Crippen LogP contribution in [0.25, 0.3) is 6.08 Å². The normalized spacial score (nSPS) is 17.0. The quantitative estimate of drug-likeness (QED) is 0.149. The maximum Gasteiger partial charge on any atom is 0.303 e. The van der Waals surface area contributed by atoms with Gasteiger partial charge in [-0.1, -0.05) is 76.4 Å². The molecule has 11 heteroatoms. The second-order valence-corrected chi connectivity index (χ2v) is 12.7. The Morgan fingerprint density at radius 2 is 1.62 bits per heavy atom. The van der Waals surface area contributed by atoms with E-state index in [4.69, 9.17) is 17.3 Å². The number of aromatic nitrogens is 1. The minimum absolute atomic E-state index is 0.115. The first-order chi connectivity index (χ1) is 20.2. The summed E-state index contributed by atoms with van der Waals surface area (Å²) < 4.78 is 2.27. The lowest BCUT2D eigenvalue weighted by atomic mass is 10.0. The van der Waals surface area contributed by atoms with Gasteiger partial charge in [-0.3, -0.25) is 23.9 Å². The number of thiocarbonyl (C=S) groups is 1. The molecule has 0 atom stereocenters. The number of carbonyl (C=O) groups is 2. The Morgan fingerprint density at radius 3 is 2.19 bits per heavy atom. The molecule has 1 aromatic heterocycles. The molecule has 0 spiro atoms. The zero-order valence-corrected chi connectivity index (χ0v) is 27.0. The first-order valence-corrected chi connectivity index (χ1v) is 16.6. The van der Waals surface area contributed by atoms with Gasteiger partial charge in [-0.2, -0.15) is 5.26 Å². The molecule has 3 heterocycles. The van der Waals surface area contributed by atoms with Gasteiger partial charge in [-0.15, -0.1) is 0 Å². The molecule has 1 aromatic rings. The van der Waals surface area contributed by atoms with Crippen LogP contribution in [0.3, 0.4) is 0 Å². The number of unbranched alkanes of at least 4 members (excludes halogenated alkanes) is 7. The van der Waals surface area contributed by atoms with E-state index < -0.39 is 5.97 Å². The summed E-state index contributed by atoms with van der Waals surface area (Å²) in [5.74, 6) is -0.0485. The summed E-state index contributed by atoms with van der Waals surface area (Å²) in [5, 5.41) is 18.6. The molecule has 9 nitrogen and oxygen atoms in total. The third-order valence-electron chi connectivity index (χ3n) is 8.08. The molecule has 1 N–H and O–H groups in total. The van der Waals surface area contributed by atoms with Crippen LogP contribution in [0.1, 0.15) is 94.7 Å². The monoisotopic (exact) mass is 615 g/mol. The topological polar surface area (TPSA) is 110 Å². The summed E-state index contributed by atoms with van der Waals surface area (Å²) in [7, 11) is 0. The lowest BCUT2D eigenvalue weighted by Gasteiger charge is -2.37. The third kappa shape index (κ3) is 8.68. The Bertz CT molecular complexity index is 1260. The second-order valence-electron chi connectivity index (χ2n) is 11.0. The fourth-order valence-electron chi connectivity index (χ4n) is 5.62. The highest BCUT2D eigenvalue weighted by atomic mass is 32.2. The van der Waals surface area contributed by atoms with Crippen molar-refractivity contribution in [3.8, 4) is 6.07 Å². The Balaban J connectivity index is 1.73. The number of likely N-dealkylation sites (N-methyl/N-ethyl adjacent to an activating group) is 1. The van der Waals surface area contributed by atoms with E-state index in [0.29, 0.717) is 27.9 Å². The van der Waals surface area contributed by atoms with Crippen LogP contribution < -0.4 is 10.5 Å². The number of nitriles is 1. The molecule has 2 aliphatic heterocycles. The molecular weight excluding hydrogens is 571 g/mol. The molecule has 0 aromatic carbocycles. The third-order valence-corrected chi connectivity index (χ3v) is 9.46. The molecule has 42 heavy (non-hydrogen) atoms. The van der Waals surface area contributed by atoms with Crippen molar-refractivity contribution in [2.24, 2.45) is 0 Å². The van der Waals surface area contributed by atoms with Crippen molar-refractivity contribution in [2.45, 2.75) is 91.5 Å². The molecule has 2 aliphatic rings. The van der Waals surface area contributed by atoms with Crippen LogP contribution >= 0.6 is 24.0 Å². The van der Waals surface area contributed by atoms with Gasteiger partial charge >= 0.3 is 5.97 Å². The molecule has 2 saturated heterocycles. The summed E-state index contributed by atoms with van der Waals surface area (Å²) in [5.41, 5.74) is 1.22. The molecular formula is C31H45N5O4S2. The second kappa shape index (κ2) is 16.8. The number of piperazine rings is 1. The number of carboxylic acids is 1. The lowest BCUT2D eigenvalue weighted by molar-refractivity contribution is -0.137. The van der Waals surface area contributed by atoms with Gasteiger partial charge < -0.3 is 14.9 Å². The number of nitrogens with zero attached hydrogens (tertiary/aromatic N) is 5. The number of hydrogen-bond donors (Lipinski definition) is 1. The number of carbonyl (C=O) groups excluding carboxylic acids is 1. The van der Waals surface area contributed by atoms with Crippen molar-refractivity contribution in [2.75, 3.05) is 44.2 Å². The van der Waals surface area contributed by atoms with Crippen molar-refractivity contribution in [3.63, 3.8) is 0 Å². The fourth-order valence-corrected chi connectivity index (χ4v) is 6.91. The van der Waals surface area contributed by atoms with Crippen LogP contribution in [0.15, 0.2) is 9.70 Å². The average molecular weight is 616 g/mol. The van der Waals surface area contributed by atoms with Gasteiger partial charge in [0, 0.05) is 51.3 Å². The average Bonchev–Trinajstić information content (AvgIpc) is 3.24. The van der Waals surface area contributed by atoms with Gasteiger partial charge in [0.05, 0.1) is 4.91 Å². The van der Waals surface area contributed by atoms with Crippen LogP contribution in [-0.2, 0) is 16.1 Å². The molecule has 0 radical (unpaired) electrons. The van der Waals surface area contributed by atoms with E-state index >= 15 is 0 Å². The Labute approximate surface area is 259 Å². The number of pyridine rings is 1. The first-order valence-electron chi connectivity index (χ1n) is 15.3. The highest BCUT2D eigenvalue weighted by molar-refractivity contribution is 8.26. The Hall–Kier alpha value is -2.68. The predicted octanol–water partition coefficient (Wildman–Crippen LogP) is 5.38. The summed E-state index contributed by atoms with van der Waals surface area (Å²) in [6.07, 6.45) is 10.8. The van der Waals surface area contributed by atoms with E-state index in [2.05, 4.69) is 22.8 Å². The van der Waals surface area contributed by atoms with Gasteiger partial charge in [-0.05, 0) is 44.4 Å². The summed E-state index contributed by atoms with van der Waals surface area (Å²) in [6, 6.07) is 2.13. The van der Waals surface area contributed by atoms with Crippen molar-refractivity contribution in [1.29, 1.82) is 5.26 Å². The van der Waals surface area contributed by atoms with E-state index in [-0.39, 0.29) is 23.5 Å². The van der Waals surface area contributed by atoms with E-state index in [1.807, 2.05) is 13.0 Å². The predicted molar refractivity (Wildman–Crippen MR) is 174 cm³/mol. The van der Waals surface area contributed by atoms with E-state index in [0.717, 1.165) is 102 Å². The fraction of sp³-hybridized carbons (Fsp3) is 0.645. The smallest absolute Gasteiger partial charge is 0.303 e. The van der Waals surface area contributed by atoms with Crippen LogP contribution in [-0.4, -0.2) is 74.9 Å². The largest absolute Gasteiger partial charge is 0.481 e. The van der Waals surface area contributed by atoms with Crippen LogP contribution in [0.5, 0.6) is 0 Å². The maximum absolute atomic E-state index is 13.5. The number of hydrogen-bond acceptors (Lipinski definition) is 8. The number of aliphatic carboxylic acids is 1. The molecule has 0 unspecified atom stereocenters. The SMILES string of the molecule is CCCn1c(N2CCN(CC)CC2)c(/C=C2\SC(=S)N(CCCCCCCCCCC(=O)O)C2=O)c(C)c(C#N)c1=O. The van der Waals surface area contributed by atoms with Gasteiger partial charge in [0.25, 0.3) is 11.5 Å². The number of amides is 1. The molecule has 230 valence electrons. The number of anilines is 1. The minimum Gasteiger partial charge on any atom is -0.481 e. The zero-order chi connectivity index (χ0) is 30.6. The van der Waals surface area contributed by atoms with Crippen molar-refractivity contribution in [3.05, 3.63) is 31.9 Å². The minimum atomic E-state index is -0.728. The first kappa shape index (κ1) is 33.8. The molecule has 0 saturated carbocycles. The van der Waals surface area contributed by atoms with Gasteiger partial charge in [-0.25, -0.2) is 0 Å². The van der Waals surface area contributed by atoms with Crippen molar-refractivity contribution >= 4 is 52.1 Å². The Morgan fingerprint density at radius 1 is 1.00 bits per heavy atom. The molecule has 0 aliphatic carbocycles. The maximum atomic E-state index is 13.5. The summed E-state index contributed by atoms with van der Waals surface area (Å²) in [6.45, 7) is 11.3.